The fraction of sp³-hybridized carbons (Fsp3) is 0.364. The van der Waals surface area contributed by atoms with Crippen LogP contribution < -0.4 is 5.73 Å². The molecule has 0 bridgehead atoms. The Balaban J connectivity index is 1.79. The van der Waals surface area contributed by atoms with Crippen molar-refractivity contribution in [3.8, 4) is 11.1 Å². The summed E-state index contributed by atoms with van der Waals surface area (Å²) >= 11 is 12.5. The third-order valence-corrected chi connectivity index (χ3v) is 6.17. The molecule has 6 nitrogen and oxygen atoms in total. The number of rotatable bonds is 5. The van der Waals surface area contributed by atoms with Crippen LogP contribution in [0.3, 0.4) is 0 Å². The molecule has 1 aliphatic heterocycles. The third kappa shape index (κ3) is 3.93. The lowest BCUT2D eigenvalue weighted by atomic mass is 10.0. The van der Waals surface area contributed by atoms with Crippen LogP contribution in [0.4, 0.5) is 0 Å². The molecule has 3 heterocycles. The lowest BCUT2D eigenvalue weighted by molar-refractivity contribution is 0.0301. The SMILES string of the molecule is CCN(C(=O)c1cnc2cc(CN)c(-c3ccc(Cl)cc3Cl)cn12)C1CCOCC1. The number of benzene rings is 1. The standard InChI is InChI=1S/C22H24Cl2N4O2/c1-2-27(16-5-7-30-8-6-16)22(29)20-12-26-21-9-14(11-25)18(13-28(20)21)17-4-3-15(23)10-19(17)24/h3-4,9-10,12-13,16H,2,5-8,11,25H2,1H3. The molecule has 2 aromatic heterocycles. The number of hydrogen-bond acceptors (Lipinski definition) is 4. The van der Waals surface area contributed by atoms with Gasteiger partial charge in [-0.2, -0.15) is 0 Å². The molecule has 0 radical (unpaired) electrons. The van der Waals surface area contributed by atoms with Crippen molar-refractivity contribution in [2.45, 2.75) is 32.4 Å². The minimum atomic E-state index is -0.0365. The number of fused-ring (bicyclic) bond motifs is 1. The van der Waals surface area contributed by atoms with Crippen LogP contribution in [0.15, 0.2) is 36.7 Å². The molecule has 1 aromatic carbocycles. The van der Waals surface area contributed by atoms with Gasteiger partial charge in [-0.15, -0.1) is 0 Å². The number of imidazole rings is 1. The van der Waals surface area contributed by atoms with Crippen molar-refractivity contribution in [3.63, 3.8) is 0 Å². The number of hydrogen-bond donors (Lipinski definition) is 1. The second kappa shape index (κ2) is 8.94. The first-order valence-electron chi connectivity index (χ1n) is 10.1. The van der Waals surface area contributed by atoms with E-state index in [1.807, 2.05) is 34.6 Å². The van der Waals surface area contributed by atoms with E-state index in [4.69, 9.17) is 33.7 Å². The van der Waals surface area contributed by atoms with Crippen molar-refractivity contribution < 1.29 is 9.53 Å². The van der Waals surface area contributed by atoms with Crippen molar-refractivity contribution in [2.24, 2.45) is 5.73 Å². The van der Waals surface area contributed by atoms with Crippen molar-refractivity contribution in [1.82, 2.24) is 14.3 Å². The zero-order chi connectivity index (χ0) is 21.3. The van der Waals surface area contributed by atoms with Crippen molar-refractivity contribution >= 4 is 34.8 Å². The maximum absolute atomic E-state index is 13.4. The Bertz CT molecular complexity index is 1080. The molecule has 8 heteroatoms. The van der Waals surface area contributed by atoms with E-state index in [0.717, 1.165) is 29.5 Å². The lowest BCUT2D eigenvalue weighted by Crippen LogP contribution is -2.43. The minimum Gasteiger partial charge on any atom is -0.381 e. The highest BCUT2D eigenvalue weighted by Crippen LogP contribution is 2.33. The van der Waals surface area contributed by atoms with Gasteiger partial charge < -0.3 is 15.4 Å². The number of amides is 1. The average molecular weight is 447 g/mol. The number of halogens is 2. The van der Waals surface area contributed by atoms with Crippen LogP contribution in [0.1, 0.15) is 35.8 Å². The first-order valence-corrected chi connectivity index (χ1v) is 10.8. The third-order valence-electron chi connectivity index (χ3n) is 5.63. The quantitative estimate of drug-likeness (QED) is 0.629. The Labute approximate surface area is 185 Å². The zero-order valence-electron chi connectivity index (χ0n) is 16.8. The van der Waals surface area contributed by atoms with E-state index in [2.05, 4.69) is 4.98 Å². The van der Waals surface area contributed by atoms with E-state index in [0.29, 0.717) is 47.7 Å². The summed E-state index contributed by atoms with van der Waals surface area (Å²) < 4.78 is 7.28. The molecule has 1 saturated heterocycles. The van der Waals surface area contributed by atoms with Crippen molar-refractivity contribution in [3.05, 3.63) is 58.0 Å². The van der Waals surface area contributed by atoms with Crippen LogP contribution in [-0.2, 0) is 11.3 Å². The van der Waals surface area contributed by atoms with Gasteiger partial charge in [0, 0.05) is 59.7 Å². The van der Waals surface area contributed by atoms with Crippen molar-refractivity contribution in [2.75, 3.05) is 19.8 Å². The summed E-state index contributed by atoms with van der Waals surface area (Å²) in [6.45, 7) is 4.32. The predicted octanol–water partition coefficient (Wildman–Crippen LogP) is 4.41. The van der Waals surface area contributed by atoms with E-state index in [1.165, 1.54) is 0 Å². The number of carbonyl (C=O) groups is 1. The van der Waals surface area contributed by atoms with Gasteiger partial charge >= 0.3 is 0 Å². The van der Waals surface area contributed by atoms with Gasteiger partial charge in [0.15, 0.2) is 0 Å². The largest absolute Gasteiger partial charge is 0.381 e. The molecule has 0 aliphatic carbocycles. The Hall–Kier alpha value is -2.12. The number of nitrogens with zero attached hydrogens (tertiary/aromatic N) is 3. The van der Waals surface area contributed by atoms with Crippen LogP contribution in [0.2, 0.25) is 10.0 Å². The molecular formula is C22H24Cl2N4O2. The maximum atomic E-state index is 13.4. The second-order valence-electron chi connectivity index (χ2n) is 7.35. The minimum absolute atomic E-state index is 0.0365. The van der Waals surface area contributed by atoms with Gasteiger partial charge in [-0.1, -0.05) is 29.3 Å². The Morgan fingerprint density at radius 1 is 1.27 bits per heavy atom. The molecule has 0 spiro atoms. The van der Waals surface area contributed by atoms with Crippen LogP contribution >= 0.6 is 23.2 Å². The highest BCUT2D eigenvalue weighted by atomic mass is 35.5. The van der Waals surface area contributed by atoms with Gasteiger partial charge in [-0.25, -0.2) is 4.98 Å². The van der Waals surface area contributed by atoms with Gasteiger partial charge in [0.2, 0.25) is 0 Å². The number of pyridine rings is 1. The maximum Gasteiger partial charge on any atom is 0.272 e. The number of nitrogens with two attached hydrogens (primary N) is 1. The normalized spacial score (nSPS) is 14.9. The smallest absolute Gasteiger partial charge is 0.272 e. The van der Waals surface area contributed by atoms with Crippen LogP contribution in [0, 0.1) is 0 Å². The molecule has 1 amide bonds. The average Bonchev–Trinajstić information content (AvgIpc) is 3.17. The fourth-order valence-electron chi connectivity index (χ4n) is 4.05. The fourth-order valence-corrected chi connectivity index (χ4v) is 4.56. The molecule has 0 atom stereocenters. The summed E-state index contributed by atoms with van der Waals surface area (Å²) in [5, 5.41) is 1.09. The number of aromatic nitrogens is 2. The first-order chi connectivity index (χ1) is 14.5. The highest BCUT2D eigenvalue weighted by molar-refractivity contribution is 6.36. The molecule has 158 valence electrons. The molecule has 2 N–H and O–H groups in total. The Morgan fingerprint density at radius 2 is 2.03 bits per heavy atom. The van der Waals surface area contributed by atoms with Crippen LogP contribution in [0.5, 0.6) is 0 Å². The van der Waals surface area contributed by atoms with Gasteiger partial charge in [0.25, 0.3) is 5.91 Å². The molecular weight excluding hydrogens is 423 g/mol. The summed E-state index contributed by atoms with van der Waals surface area (Å²) in [5.41, 5.74) is 9.76. The Morgan fingerprint density at radius 3 is 2.70 bits per heavy atom. The van der Waals surface area contributed by atoms with Crippen LogP contribution in [0.25, 0.3) is 16.8 Å². The van der Waals surface area contributed by atoms with E-state index < -0.39 is 0 Å². The zero-order valence-corrected chi connectivity index (χ0v) is 18.3. The summed E-state index contributed by atoms with van der Waals surface area (Å²) in [6, 6.07) is 7.44. The Kier molecular flexibility index (Phi) is 6.29. The van der Waals surface area contributed by atoms with E-state index in [-0.39, 0.29) is 11.9 Å². The predicted molar refractivity (Wildman–Crippen MR) is 119 cm³/mol. The topological polar surface area (TPSA) is 72.9 Å². The van der Waals surface area contributed by atoms with Crippen LogP contribution in [-0.4, -0.2) is 46.0 Å². The summed E-state index contributed by atoms with van der Waals surface area (Å²) in [4.78, 5) is 19.8. The summed E-state index contributed by atoms with van der Waals surface area (Å²) in [6.07, 6.45) is 5.22. The highest BCUT2D eigenvalue weighted by Gasteiger charge is 2.27. The number of carbonyl (C=O) groups excluding carboxylic acids is 1. The molecule has 0 unspecified atom stereocenters. The van der Waals surface area contributed by atoms with E-state index in [9.17, 15) is 4.79 Å². The van der Waals surface area contributed by atoms with E-state index in [1.54, 1.807) is 18.3 Å². The first kappa shape index (κ1) is 21.1. The molecule has 3 aromatic rings. The van der Waals surface area contributed by atoms with Gasteiger partial charge in [0.1, 0.15) is 11.3 Å². The summed E-state index contributed by atoms with van der Waals surface area (Å²) in [7, 11) is 0. The van der Waals surface area contributed by atoms with Gasteiger partial charge in [-0.3, -0.25) is 9.20 Å². The summed E-state index contributed by atoms with van der Waals surface area (Å²) in [5.74, 6) is -0.0365. The molecule has 1 fully saturated rings. The molecule has 1 aliphatic rings. The second-order valence-corrected chi connectivity index (χ2v) is 8.19. The monoisotopic (exact) mass is 446 g/mol. The van der Waals surface area contributed by atoms with Crippen molar-refractivity contribution in [1.29, 1.82) is 0 Å². The lowest BCUT2D eigenvalue weighted by Gasteiger charge is -2.33. The van der Waals surface area contributed by atoms with Gasteiger partial charge in [-0.05, 0) is 43.5 Å². The molecule has 30 heavy (non-hydrogen) atoms. The molecule has 0 saturated carbocycles. The van der Waals surface area contributed by atoms with Gasteiger partial charge in [0.05, 0.1) is 6.20 Å². The number of ether oxygens (including phenoxy) is 1. The molecule has 4 rings (SSSR count). The van der Waals surface area contributed by atoms with E-state index >= 15 is 0 Å².